The number of fused-ring (bicyclic) bond motifs is 1. The molecule has 0 saturated heterocycles. The van der Waals surface area contributed by atoms with Crippen LogP contribution in [-0.4, -0.2) is 36.6 Å². The molecule has 1 aromatic heterocycles. The van der Waals surface area contributed by atoms with Crippen molar-refractivity contribution in [1.82, 2.24) is 15.1 Å². The lowest BCUT2D eigenvalue weighted by molar-refractivity contribution is 0.199. The molecule has 0 radical (unpaired) electrons. The van der Waals surface area contributed by atoms with E-state index in [1.54, 1.807) is 7.11 Å². The highest BCUT2D eigenvalue weighted by atomic mass is 16.5. The number of hydrogen-bond acceptors (Lipinski definition) is 3. The normalized spacial score (nSPS) is 11.4. The molecule has 0 atom stereocenters. The number of rotatable bonds is 8. The summed E-state index contributed by atoms with van der Waals surface area (Å²) in [6, 6.07) is 11.1. The van der Waals surface area contributed by atoms with Crippen molar-refractivity contribution in [2.24, 2.45) is 7.05 Å². The average molecular weight is 366 g/mol. The number of hydrogen-bond donors (Lipinski definition) is 1. The van der Waals surface area contributed by atoms with Gasteiger partial charge in [-0.15, -0.1) is 0 Å². The van der Waals surface area contributed by atoms with Crippen LogP contribution >= 0.6 is 0 Å². The minimum atomic E-state index is 0.757. The van der Waals surface area contributed by atoms with Crippen molar-refractivity contribution in [2.75, 3.05) is 26.8 Å². The van der Waals surface area contributed by atoms with Crippen LogP contribution in [0.15, 0.2) is 30.3 Å². The number of aromatic nitrogens is 2. The number of methoxy groups -OCH3 is 1. The molecule has 0 bridgehead atoms. The minimum Gasteiger partial charge on any atom is -0.383 e. The van der Waals surface area contributed by atoms with Gasteiger partial charge in [0.1, 0.15) is 5.52 Å². The van der Waals surface area contributed by atoms with Gasteiger partial charge in [0.2, 0.25) is 0 Å². The van der Waals surface area contributed by atoms with Crippen LogP contribution in [0.1, 0.15) is 28.8 Å². The van der Waals surface area contributed by atoms with E-state index in [0.717, 1.165) is 38.1 Å². The second-order valence-corrected chi connectivity index (χ2v) is 7.39. The van der Waals surface area contributed by atoms with Gasteiger partial charge in [0, 0.05) is 37.3 Å². The summed E-state index contributed by atoms with van der Waals surface area (Å²) in [6.45, 7) is 9.20. The van der Waals surface area contributed by atoms with Crippen molar-refractivity contribution in [2.45, 2.75) is 33.6 Å². The fraction of sp³-hybridized carbons (Fsp3) is 0.435. The Morgan fingerprint density at radius 3 is 2.52 bits per heavy atom. The smallest absolute Gasteiger partial charge is 0.100 e. The Balaban J connectivity index is 1.90. The molecule has 0 saturated carbocycles. The van der Waals surface area contributed by atoms with Crippen LogP contribution < -0.4 is 5.32 Å². The minimum absolute atomic E-state index is 0.757. The monoisotopic (exact) mass is 365 g/mol. The molecule has 0 unspecified atom stereocenters. The van der Waals surface area contributed by atoms with E-state index >= 15 is 0 Å². The van der Waals surface area contributed by atoms with Crippen molar-refractivity contribution in [1.29, 1.82) is 0 Å². The van der Waals surface area contributed by atoms with Crippen LogP contribution in [0, 0.1) is 20.8 Å². The molecule has 0 amide bonds. The van der Waals surface area contributed by atoms with Crippen LogP contribution in [0.4, 0.5) is 0 Å². The highest BCUT2D eigenvalue weighted by Gasteiger charge is 2.15. The molecule has 3 rings (SSSR count). The SMILES string of the molecule is COCCNCCCc1c2cccc(-c3c(C)cc(C)cc3C)c2nn1C. The summed E-state index contributed by atoms with van der Waals surface area (Å²) >= 11 is 0. The first kappa shape index (κ1) is 19.6. The topological polar surface area (TPSA) is 39.1 Å². The Labute approximate surface area is 162 Å². The van der Waals surface area contributed by atoms with E-state index in [0.29, 0.717) is 0 Å². The van der Waals surface area contributed by atoms with E-state index in [1.165, 1.54) is 38.9 Å². The Hall–Kier alpha value is -2.17. The first-order valence-corrected chi connectivity index (χ1v) is 9.75. The highest BCUT2D eigenvalue weighted by Crippen LogP contribution is 2.34. The van der Waals surface area contributed by atoms with Crippen molar-refractivity contribution < 1.29 is 4.74 Å². The largest absolute Gasteiger partial charge is 0.383 e. The van der Waals surface area contributed by atoms with E-state index in [9.17, 15) is 0 Å². The number of ether oxygens (including phenoxy) is 1. The van der Waals surface area contributed by atoms with Crippen LogP contribution in [0.3, 0.4) is 0 Å². The summed E-state index contributed by atoms with van der Waals surface area (Å²) in [6.07, 6.45) is 2.10. The molecule has 4 nitrogen and oxygen atoms in total. The Bertz CT molecular complexity index is 904. The fourth-order valence-electron chi connectivity index (χ4n) is 4.05. The summed E-state index contributed by atoms with van der Waals surface area (Å²) in [5.41, 5.74) is 8.91. The molecule has 0 aliphatic heterocycles. The second kappa shape index (κ2) is 8.68. The van der Waals surface area contributed by atoms with E-state index in [1.807, 2.05) is 0 Å². The van der Waals surface area contributed by atoms with Gasteiger partial charge in [-0.25, -0.2) is 0 Å². The maximum Gasteiger partial charge on any atom is 0.100 e. The van der Waals surface area contributed by atoms with Gasteiger partial charge in [-0.1, -0.05) is 35.9 Å². The number of nitrogens with one attached hydrogen (secondary N) is 1. The Kier molecular flexibility index (Phi) is 6.30. The standard InChI is InChI=1S/C23H31N3O/c1-16-14-17(2)22(18(3)15-16)20-9-6-8-19-21(26(4)25-23(19)20)10-7-11-24-12-13-27-5/h6,8-9,14-15,24H,7,10-13H2,1-5H3. The maximum atomic E-state index is 5.08. The number of aryl methyl sites for hydroxylation is 5. The average Bonchev–Trinajstić information content (AvgIpc) is 2.93. The van der Waals surface area contributed by atoms with Crippen molar-refractivity contribution in [3.05, 3.63) is 52.7 Å². The van der Waals surface area contributed by atoms with E-state index in [2.05, 4.69) is 68.1 Å². The molecular weight excluding hydrogens is 334 g/mol. The van der Waals surface area contributed by atoms with Crippen molar-refractivity contribution >= 4 is 10.9 Å². The third kappa shape index (κ3) is 4.23. The molecule has 1 N–H and O–H groups in total. The van der Waals surface area contributed by atoms with Crippen molar-refractivity contribution in [3.8, 4) is 11.1 Å². The predicted octanol–water partition coefficient (Wildman–Crippen LogP) is 4.33. The molecule has 0 aliphatic rings. The lowest BCUT2D eigenvalue weighted by atomic mass is 9.92. The van der Waals surface area contributed by atoms with Gasteiger partial charge < -0.3 is 10.1 Å². The lowest BCUT2D eigenvalue weighted by Crippen LogP contribution is -2.20. The van der Waals surface area contributed by atoms with Crippen LogP contribution in [-0.2, 0) is 18.2 Å². The van der Waals surface area contributed by atoms with Gasteiger partial charge in [-0.2, -0.15) is 5.10 Å². The summed E-state index contributed by atoms with van der Waals surface area (Å²) in [5, 5.41) is 9.59. The summed E-state index contributed by atoms with van der Waals surface area (Å²) in [4.78, 5) is 0. The van der Waals surface area contributed by atoms with Gasteiger partial charge in [-0.05, 0) is 56.8 Å². The Morgan fingerprint density at radius 1 is 1.07 bits per heavy atom. The van der Waals surface area contributed by atoms with E-state index in [4.69, 9.17) is 9.84 Å². The molecule has 27 heavy (non-hydrogen) atoms. The molecule has 0 spiro atoms. The number of nitrogens with zero attached hydrogens (tertiary/aromatic N) is 2. The van der Waals surface area contributed by atoms with Crippen LogP contribution in [0.2, 0.25) is 0 Å². The molecule has 2 aromatic carbocycles. The zero-order chi connectivity index (χ0) is 19.4. The van der Waals surface area contributed by atoms with Gasteiger partial charge in [0.25, 0.3) is 0 Å². The molecule has 0 fully saturated rings. The lowest BCUT2D eigenvalue weighted by Gasteiger charge is -2.12. The summed E-state index contributed by atoms with van der Waals surface area (Å²) in [7, 11) is 3.80. The van der Waals surface area contributed by atoms with Crippen molar-refractivity contribution in [3.63, 3.8) is 0 Å². The van der Waals surface area contributed by atoms with Gasteiger partial charge in [0.15, 0.2) is 0 Å². The quantitative estimate of drug-likeness (QED) is 0.604. The second-order valence-electron chi connectivity index (χ2n) is 7.39. The van der Waals surface area contributed by atoms with Crippen LogP contribution in [0.5, 0.6) is 0 Å². The highest BCUT2D eigenvalue weighted by molar-refractivity contribution is 5.96. The fourth-order valence-corrected chi connectivity index (χ4v) is 4.05. The summed E-state index contributed by atoms with van der Waals surface area (Å²) in [5.74, 6) is 0. The van der Waals surface area contributed by atoms with Gasteiger partial charge >= 0.3 is 0 Å². The van der Waals surface area contributed by atoms with E-state index in [-0.39, 0.29) is 0 Å². The molecule has 0 aliphatic carbocycles. The van der Waals surface area contributed by atoms with Gasteiger partial charge in [0.05, 0.1) is 6.61 Å². The molecule has 4 heteroatoms. The first-order valence-electron chi connectivity index (χ1n) is 9.75. The van der Waals surface area contributed by atoms with Crippen LogP contribution in [0.25, 0.3) is 22.0 Å². The molecule has 144 valence electrons. The zero-order valence-corrected chi connectivity index (χ0v) is 17.2. The third-order valence-corrected chi connectivity index (χ3v) is 5.18. The summed E-state index contributed by atoms with van der Waals surface area (Å²) < 4.78 is 7.13. The maximum absolute atomic E-state index is 5.08. The molecule has 1 heterocycles. The van der Waals surface area contributed by atoms with E-state index < -0.39 is 0 Å². The molecular formula is C23H31N3O. The molecule has 3 aromatic rings. The predicted molar refractivity (Wildman–Crippen MR) is 113 cm³/mol. The van der Waals surface area contributed by atoms with Gasteiger partial charge in [-0.3, -0.25) is 4.68 Å². The zero-order valence-electron chi connectivity index (χ0n) is 17.2. The third-order valence-electron chi connectivity index (χ3n) is 5.18. The first-order chi connectivity index (χ1) is 13.0. The number of benzene rings is 2. The Morgan fingerprint density at radius 2 is 1.81 bits per heavy atom.